The molecule has 0 fully saturated rings. The van der Waals surface area contributed by atoms with Gasteiger partial charge in [0.2, 0.25) is 5.91 Å². The lowest BCUT2D eigenvalue weighted by Gasteiger charge is -2.15. The molecule has 4 aromatic carbocycles. The summed E-state index contributed by atoms with van der Waals surface area (Å²) in [5.41, 5.74) is 2.45. The average Bonchev–Trinajstić information content (AvgIpc) is 3.02. The van der Waals surface area contributed by atoms with Gasteiger partial charge in [0.15, 0.2) is 0 Å². The Morgan fingerprint density at radius 1 is 0.909 bits per heavy atom. The summed E-state index contributed by atoms with van der Waals surface area (Å²) in [6, 6.07) is 26.9. The number of rotatable bonds is 11. The molecule has 4 aromatic rings. The Balaban J connectivity index is 1.49. The van der Waals surface area contributed by atoms with Crippen LogP contribution in [0.1, 0.15) is 28.4 Å². The molecule has 4 rings (SSSR count). The van der Waals surface area contributed by atoms with E-state index in [1.54, 1.807) is 105 Å². The first-order valence-electron chi connectivity index (χ1n) is 13.5. The number of anilines is 2. The van der Waals surface area contributed by atoms with Gasteiger partial charge in [-0.25, -0.2) is 0 Å². The quantitative estimate of drug-likeness (QED) is 0.0768. The molecule has 0 aliphatic rings. The van der Waals surface area contributed by atoms with Gasteiger partial charge in [0.05, 0.1) is 23.0 Å². The van der Waals surface area contributed by atoms with Crippen LogP contribution < -0.4 is 20.7 Å². The monoisotopic (exact) mass is 610 g/mol. The van der Waals surface area contributed by atoms with Gasteiger partial charge in [-0.05, 0) is 73.5 Å². The number of nitrogens with zero attached hydrogens (tertiary/aromatic N) is 1. The molecular formula is C33H30N4O6S. The molecule has 3 amide bonds. The van der Waals surface area contributed by atoms with E-state index < -0.39 is 22.0 Å². The SMILES string of the molecule is COc1cccc(/C=C(\NC(=O)c2ccccc2)C(=O)Nc2cccc(SC(C)C(=O)Nc3cc([N+](=O)[O-])ccc3C)c2)c1. The topological polar surface area (TPSA) is 140 Å². The van der Waals surface area contributed by atoms with Crippen molar-refractivity contribution < 1.29 is 24.0 Å². The molecular weight excluding hydrogens is 580 g/mol. The zero-order chi connectivity index (χ0) is 31.6. The van der Waals surface area contributed by atoms with E-state index in [0.717, 1.165) is 0 Å². The zero-order valence-corrected chi connectivity index (χ0v) is 25.0. The van der Waals surface area contributed by atoms with Gasteiger partial charge in [-0.15, -0.1) is 11.8 Å². The average molecular weight is 611 g/mol. The number of hydrogen-bond acceptors (Lipinski definition) is 7. The molecule has 1 atom stereocenters. The molecule has 1 unspecified atom stereocenters. The Bertz CT molecular complexity index is 1720. The molecule has 0 aliphatic carbocycles. The number of amides is 3. The minimum absolute atomic E-state index is 0.0187. The van der Waals surface area contributed by atoms with E-state index in [2.05, 4.69) is 16.0 Å². The van der Waals surface area contributed by atoms with E-state index in [1.165, 1.54) is 31.0 Å². The van der Waals surface area contributed by atoms with Gasteiger partial charge in [0.1, 0.15) is 11.4 Å². The third-order valence-corrected chi connectivity index (χ3v) is 7.49. The number of methoxy groups -OCH3 is 1. The molecule has 0 aliphatic heterocycles. The number of nitro groups is 1. The number of thioether (sulfide) groups is 1. The van der Waals surface area contributed by atoms with Crippen molar-refractivity contribution >= 4 is 52.6 Å². The number of hydrogen-bond donors (Lipinski definition) is 3. The Labute approximate surface area is 258 Å². The van der Waals surface area contributed by atoms with Crippen LogP contribution in [0.15, 0.2) is 108 Å². The minimum Gasteiger partial charge on any atom is -0.497 e. The smallest absolute Gasteiger partial charge is 0.272 e. The van der Waals surface area contributed by atoms with E-state index in [0.29, 0.717) is 38.7 Å². The molecule has 0 heterocycles. The normalized spacial score (nSPS) is 11.7. The Kier molecular flexibility index (Phi) is 10.5. The maximum atomic E-state index is 13.4. The van der Waals surface area contributed by atoms with Gasteiger partial charge in [-0.1, -0.05) is 42.5 Å². The molecule has 0 aromatic heterocycles. The number of carbonyl (C=O) groups excluding carboxylic acids is 3. The highest BCUT2D eigenvalue weighted by atomic mass is 32.2. The molecule has 11 heteroatoms. The van der Waals surface area contributed by atoms with Crippen molar-refractivity contribution in [2.24, 2.45) is 0 Å². The molecule has 0 saturated carbocycles. The molecule has 44 heavy (non-hydrogen) atoms. The minimum atomic E-state index is -0.562. The summed E-state index contributed by atoms with van der Waals surface area (Å²) in [5.74, 6) is -0.735. The summed E-state index contributed by atoms with van der Waals surface area (Å²) in [5, 5.41) is 18.9. The fourth-order valence-corrected chi connectivity index (χ4v) is 4.96. The summed E-state index contributed by atoms with van der Waals surface area (Å²) in [7, 11) is 1.54. The number of carbonyl (C=O) groups is 3. The van der Waals surface area contributed by atoms with Gasteiger partial charge in [0.25, 0.3) is 17.5 Å². The van der Waals surface area contributed by atoms with Crippen LogP contribution in [-0.2, 0) is 9.59 Å². The van der Waals surface area contributed by atoms with Crippen LogP contribution in [0.5, 0.6) is 5.75 Å². The van der Waals surface area contributed by atoms with E-state index in [4.69, 9.17) is 4.74 Å². The lowest BCUT2D eigenvalue weighted by atomic mass is 10.1. The van der Waals surface area contributed by atoms with Gasteiger partial charge < -0.3 is 20.7 Å². The fourth-order valence-electron chi connectivity index (χ4n) is 4.04. The maximum Gasteiger partial charge on any atom is 0.272 e. The van der Waals surface area contributed by atoms with Crippen molar-refractivity contribution in [1.29, 1.82) is 0 Å². The van der Waals surface area contributed by atoms with Gasteiger partial charge in [-0.3, -0.25) is 24.5 Å². The van der Waals surface area contributed by atoms with Crippen molar-refractivity contribution in [3.63, 3.8) is 0 Å². The molecule has 0 spiro atoms. The summed E-state index contributed by atoms with van der Waals surface area (Å²) in [4.78, 5) is 50.6. The van der Waals surface area contributed by atoms with Crippen molar-refractivity contribution in [3.8, 4) is 5.75 Å². The van der Waals surface area contributed by atoms with Crippen LogP contribution in [0.3, 0.4) is 0 Å². The first kappa shape index (κ1) is 31.5. The first-order chi connectivity index (χ1) is 21.1. The number of nitrogens with one attached hydrogen (secondary N) is 3. The van der Waals surface area contributed by atoms with Crippen molar-refractivity contribution in [3.05, 3.63) is 130 Å². The summed E-state index contributed by atoms with van der Waals surface area (Å²) >= 11 is 1.26. The standard InChI is InChI=1S/C33H30N4O6S/c1-21-15-16-26(37(41)42)20-29(21)35-31(38)22(2)44-28-14-8-12-25(19-28)34-33(40)30(18-23-9-7-13-27(17-23)43-3)36-32(39)24-10-5-4-6-11-24/h4-20,22H,1-3H3,(H,34,40)(H,35,38)(H,36,39)/b30-18-. The van der Waals surface area contributed by atoms with Crippen LogP contribution >= 0.6 is 11.8 Å². The first-order valence-corrected chi connectivity index (χ1v) is 14.4. The van der Waals surface area contributed by atoms with E-state index >= 15 is 0 Å². The fraction of sp³-hybridized carbons (Fsp3) is 0.121. The Morgan fingerprint density at radius 2 is 1.66 bits per heavy atom. The van der Waals surface area contributed by atoms with E-state index in [-0.39, 0.29) is 17.3 Å². The van der Waals surface area contributed by atoms with Crippen LogP contribution in [0.2, 0.25) is 0 Å². The molecule has 0 bridgehead atoms. The summed E-state index contributed by atoms with van der Waals surface area (Å²) in [6.45, 7) is 3.47. The number of non-ortho nitro benzene ring substituents is 1. The third-order valence-electron chi connectivity index (χ3n) is 6.40. The predicted octanol–water partition coefficient (Wildman–Crippen LogP) is 6.44. The molecule has 10 nitrogen and oxygen atoms in total. The van der Waals surface area contributed by atoms with Crippen molar-refractivity contribution in [2.75, 3.05) is 17.7 Å². The highest BCUT2D eigenvalue weighted by Gasteiger charge is 2.19. The number of ether oxygens (including phenoxy) is 1. The van der Waals surface area contributed by atoms with Crippen molar-refractivity contribution in [2.45, 2.75) is 24.0 Å². The number of aryl methyl sites for hydroxylation is 1. The number of nitro benzene ring substituents is 1. The van der Waals surface area contributed by atoms with Crippen LogP contribution in [0.4, 0.5) is 17.1 Å². The Morgan fingerprint density at radius 3 is 2.39 bits per heavy atom. The molecule has 224 valence electrons. The highest BCUT2D eigenvalue weighted by Crippen LogP contribution is 2.28. The van der Waals surface area contributed by atoms with Gasteiger partial charge in [0, 0.05) is 28.3 Å². The maximum absolute atomic E-state index is 13.4. The second-order valence-corrected chi connectivity index (χ2v) is 11.1. The lowest BCUT2D eigenvalue weighted by Crippen LogP contribution is -2.30. The molecule has 3 N–H and O–H groups in total. The molecule has 0 radical (unpaired) electrons. The predicted molar refractivity (Wildman–Crippen MR) is 172 cm³/mol. The Hall–Kier alpha value is -5.42. The van der Waals surface area contributed by atoms with Gasteiger partial charge >= 0.3 is 0 Å². The number of benzene rings is 4. The summed E-state index contributed by atoms with van der Waals surface area (Å²) in [6.07, 6.45) is 1.56. The van der Waals surface area contributed by atoms with Crippen molar-refractivity contribution in [1.82, 2.24) is 5.32 Å². The molecule has 0 saturated heterocycles. The lowest BCUT2D eigenvalue weighted by molar-refractivity contribution is -0.384. The summed E-state index contributed by atoms with van der Waals surface area (Å²) < 4.78 is 5.28. The largest absolute Gasteiger partial charge is 0.497 e. The van der Waals surface area contributed by atoms with Crippen LogP contribution in [-0.4, -0.2) is 35.0 Å². The van der Waals surface area contributed by atoms with Crippen LogP contribution in [0, 0.1) is 17.0 Å². The second-order valence-electron chi connectivity index (χ2n) is 9.64. The second kappa shape index (κ2) is 14.7. The zero-order valence-electron chi connectivity index (χ0n) is 24.2. The highest BCUT2D eigenvalue weighted by molar-refractivity contribution is 8.00. The van der Waals surface area contributed by atoms with E-state index in [1.807, 2.05) is 0 Å². The third kappa shape index (κ3) is 8.55. The van der Waals surface area contributed by atoms with Crippen LogP contribution in [0.25, 0.3) is 6.08 Å². The van der Waals surface area contributed by atoms with E-state index in [9.17, 15) is 24.5 Å². The van der Waals surface area contributed by atoms with Gasteiger partial charge in [-0.2, -0.15) is 0 Å².